The standard InChI is InChI=1S/C19H25N3O3/c1-13-5-3-7-16-18(13)20-12-22(19(16)25)10-8-17(24)21-9-4-6-15(11-21)14(2)23/h3,5,7,12,14-15,23H,4,6,8-11H2,1-2H3. The van der Waals surface area contributed by atoms with Gasteiger partial charge >= 0.3 is 0 Å². The van der Waals surface area contributed by atoms with Crippen LogP contribution in [0.4, 0.5) is 0 Å². The van der Waals surface area contributed by atoms with Crippen molar-refractivity contribution in [2.45, 2.75) is 45.8 Å². The van der Waals surface area contributed by atoms with Crippen molar-refractivity contribution < 1.29 is 9.90 Å². The van der Waals surface area contributed by atoms with Crippen LogP contribution < -0.4 is 5.56 Å². The van der Waals surface area contributed by atoms with Crippen LogP contribution in [0.25, 0.3) is 10.9 Å². The highest BCUT2D eigenvalue weighted by Crippen LogP contribution is 2.20. The fourth-order valence-corrected chi connectivity index (χ4v) is 3.50. The number of aromatic nitrogens is 2. The van der Waals surface area contributed by atoms with Crippen molar-refractivity contribution in [3.05, 3.63) is 40.4 Å². The van der Waals surface area contributed by atoms with E-state index in [4.69, 9.17) is 0 Å². The lowest BCUT2D eigenvalue weighted by atomic mass is 9.93. The van der Waals surface area contributed by atoms with Crippen LogP contribution in [0, 0.1) is 12.8 Å². The monoisotopic (exact) mass is 343 g/mol. The summed E-state index contributed by atoms with van der Waals surface area (Å²) in [6.07, 6.45) is 3.27. The van der Waals surface area contributed by atoms with Crippen LogP contribution in [0.5, 0.6) is 0 Å². The second-order valence-corrected chi connectivity index (χ2v) is 6.95. The summed E-state index contributed by atoms with van der Waals surface area (Å²) in [6, 6.07) is 5.55. The molecule has 2 aromatic rings. The predicted molar refractivity (Wildman–Crippen MR) is 96.3 cm³/mol. The highest BCUT2D eigenvalue weighted by Gasteiger charge is 2.26. The Morgan fingerprint density at radius 2 is 2.24 bits per heavy atom. The lowest BCUT2D eigenvalue weighted by Crippen LogP contribution is -2.43. The average molecular weight is 343 g/mol. The molecule has 1 N–H and O–H groups in total. The van der Waals surface area contributed by atoms with Crippen molar-refractivity contribution >= 4 is 16.8 Å². The second kappa shape index (κ2) is 7.35. The van der Waals surface area contributed by atoms with Gasteiger partial charge in [-0.15, -0.1) is 0 Å². The molecular weight excluding hydrogens is 318 g/mol. The summed E-state index contributed by atoms with van der Waals surface area (Å²) in [4.78, 5) is 31.2. The van der Waals surface area contributed by atoms with Crippen LogP contribution in [-0.2, 0) is 11.3 Å². The molecule has 2 atom stereocenters. The molecule has 6 heteroatoms. The summed E-state index contributed by atoms with van der Waals surface area (Å²) >= 11 is 0. The molecule has 134 valence electrons. The maximum atomic E-state index is 12.6. The van der Waals surface area contributed by atoms with Gasteiger partial charge in [-0.2, -0.15) is 0 Å². The molecule has 0 radical (unpaired) electrons. The molecule has 6 nitrogen and oxygen atoms in total. The van der Waals surface area contributed by atoms with Crippen LogP contribution >= 0.6 is 0 Å². The van der Waals surface area contributed by atoms with Gasteiger partial charge in [0, 0.05) is 32.0 Å². The van der Waals surface area contributed by atoms with E-state index >= 15 is 0 Å². The average Bonchev–Trinajstić information content (AvgIpc) is 2.61. The molecule has 1 aliphatic rings. The van der Waals surface area contributed by atoms with Gasteiger partial charge < -0.3 is 10.0 Å². The minimum atomic E-state index is -0.397. The minimum Gasteiger partial charge on any atom is -0.393 e. The molecule has 1 aliphatic heterocycles. The van der Waals surface area contributed by atoms with E-state index < -0.39 is 6.10 Å². The number of amides is 1. The number of likely N-dealkylation sites (tertiary alicyclic amines) is 1. The van der Waals surface area contributed by atoms with E-state index in [1.807, 2.05) is 24.0 Å². The SMILES string of the molecule is Cc1cccc2c(=O)n(CCC(=O)N3CCCC(C(C)O)C3)cnc12. The van der Waals surface area contributed by atoms with Gasteiger partial charge in [0.05, 0.1) is 23.3 Å². The van der Waals surface area contributed by atoms with Crippen LogP contribution in [0.3, 0.4) is 0 Å². The molecule has 0 spiro atoms. The van der Waals surface area contributed by atoms with E-state index in [2.05, 4.69) is 4.98 Å². The van der Waals surface area contributed by atoms with Gasteiger partial charge in [-0.1, -0.05) is 12.1 Å². The van der Waals surface area contributed by atoms with E-state index in [0.29, 0.717) is 24.0 Å². The number of hydrogen-bond acceptors (Lipinski definition) is 4. The molecule has 1 saturated heterocycles. The molecule has 3 rings (SSSR count). The molecule has 1 aromatic heterocycles. The Labute approximate surface area is 147 Å². The second-order valence-electron chi connectivity index (χ2n) is 6.95. The van der Waals surface area contributed by atoms with Gasteiger partial charge in [-0.25, -0.2) is 4.98 Å². The third-order valence-corrected chi connectivity index (χ3v) is 5.11. The zero-order valence-corrected chi connectivity index (χ0v) is 14.8. The third-order valence-electron chi connectivity index (χ3n) is 5.11. The van der Waals surface area contributed by atoms with Crippen LogP contribution in [0.2, 0.25) is 0 Å². The molecule has 0 saturated carbocycles. The van der Waals surface area contributed by atoms with Crippen LogP contribution in [-0.4, -0.2) is 44.7 Å². The molecule has 1 amide bonds. The van der Waals surface area contributed by atoms with E-state index in [9.17, 15) is 14.7 Å². The summed E-state index contributed by atoms with van der Waals surface area (Å²) in [7, 11) is 0. The largest absolute Gasteiger partial charge is 0.393 e. The molecule has 2 unspecified atom stereocenters. The topological polar surface area (TPSA) is 75.4 Å². The first kappa shape index (κ1) is 17.6. The smallest absolute Gasteiger partial charge is 0.261 e. The minimum absolute atomic E-state index is 0.0292. The fraction of sp³-hybridized carbons (Fsp3) is 0.526. The highest BCUT2D eigenvalue weighted by molar-refractivity contribution is 5.80. The van der Waals surface area contributed by atoms with Gasteiger partial charge in [0.15, 0.2) is 0 Å². The summed E-state index contributed by atoms with van der Waals surface area (Å²) in [5, 5.41) is 10.3. The number of aliphatic hydroxyl groups is 1. The third kappa shape index (κ3) is 3.74. The lowest BCUT2D eigenvalue weighted by Gasteiger charge is -2.34. The normalized spacial score (nSPS) is 19.2. The number of rotatable bonds is 4. The van der Waals surface area contributed by atoms with Crippen molar-refractivity contribution in [3.63, 3.8) is 0 Å². The van der Waals surface area contributed by atoms with Crippen molar-refractivity contribution in [3.8, 4) is 0 Å². The number of carbonyl (C=O) groups excluding carboxylic acids is 1. The quantitative estimate of drug-likeness (QED) is 0.917. The maximum Gasteiger partial charge on any atom is 0.261 e. The Bertz CT molecular complexity index is 828. The Morgan fingerprint density at radius 1 is 1.44 bits per heavy atom. The van der Waals surface area contributed by atoms with Crippen molar-refractivity contribution in [1.82, 2.24) is 14.5 Å². The molecule has 1 aromatic carbocycles. The predicted octanol–water partition coefficient (Wildman–Crippen LogP) is 1.71. The number of para-hydroxylation sites is 1. The number of fused-ring (bicyclic) bond motifs is 1. The summed E-state index contributed by atoms with van der Waals surface area (Å²) in [5.74, 6) is 0.173. The van der Waals surface area contributed by atoms with Crippen molar-refractivity contribution in [2.75, 3.05) is 13.1 Å². The molecule has 1 fully saturated rings. The molecular formula is C19H25N3O3. The van der Waals surface area contributed by atoms with Gasteiger partial charge in [0.25, 0.3) is 5.56 Å². The Kier molecular flexibility index (Phi) is 5.18. The fourth-order valence-electron chi connectivity index (χ4n) is 3.50. The zero-order chi connectivity index (χ0) is 18.0. The maximum absolute atomic E-state index is 12.6. The molecule has 2 heterocycles. The number of nitrogens with zero attached hydrogens (tertiary/aromatic N) is 3. The summed E-state index contributed by atoms with van der Waals surface area (Å²) in [5.41, 5.74) is 1.57. The van der Waals surface area contributed by atoms with E-state index in [0.717, 1.165) is 24.9 Å². The Balaban J connectivity index is 1.69. The van der Waals surface area contributed by atoms with Crippen molar-refractivity contribution in [1.29, 1.82) is 0 Å². The van der Waals surface area contributed by atoms with E-state index in [1.165, 1.54) is 10.9 Å². The van der Waals surface area contributed by atoms with E-state index in [1.54, 1.807) is 13.0 Å². The zero-order valence-electron chi connectivity index (χ0n) is 14.8. The first-order valence-electron chi connectivity index (χ1n) is 8.88. The number of aryl methyl sites for hydroxylation is 2. The number of hydrogen-bond donors (Lipinski definition) is 1. The van der Waals surface area contributed by atoms with Gasteiger partial charge in [0.1, 0.15) is 0 Å². The summed E-state index contributed by atoms with van der Waals surface area (Å²) in [6.45, 7) is 5.36. The van der Waals surface area contributed by atoms with Crippen molar-refractivity contribution in [2.24, 2.45) is 5.92 Å². The van der Waals surface area contributed by atoms with Crippen LogP contribution in [0.15, 0.2) is 29.3 Å². The Hall–Kier alpha value is -2.21. The molecule has 0 aliphatic carbocycles. The van der Waals surface area contributed by atoms with Gasteiger partial charge in [0.2, 0.25) is 5.91 Å². The number of carbonyl (C=O) groups is 1. The number of aliphatic hydroxyl groups excluding tert-OH is 1. The van der Waals surface area contributed by atoms with Gasteiger partial charge in [-0.3, -0.25) is 14.2 Å². The first-order valence-corrected chi connectivity index (χ1v) is 8.88. The van der Waals surface area contributed by atoms with Gasteiger partial charge in [-0.05, 0) is 38.3 Å². The first-order chi connectivity index (χ1) is 12.0. The lowest BCUT2D eigenvalue weighted by molar-refractivity contribution is -0.134. The Morgan fingerprint density at radius 3 is 3.00 bits per heavy atom. The van der Waals surface area contributed by atoms with E-state index in [-0.39, 0.29) is 23.8 Å². The number of benzene rings is 1. The molecule has 0 bridgehead atoms. The highest BCUT2D eigenvalue weighted by atomic mass is 16.3. The van der Waals surface area contributed by atoms with Crippen LogP contribution in [0.1, 0.15) is 31.7 Å². The summed E-state index contributed by atoms with van der Waals surface area (Å²) < 4.78 is 1.51. The molecule has 25 heavy (non-hydrogen) atoms. The number of piperidine rings is 1.